The van der Waals surface area contributed by atoms with Crippen molar-refractivity contribution in [2.45, 2.75) is 61.6 Å². The molecule has 0 spiro atoms. The molecule has 1 aromatic rings. The first-order valence-electron chi connectivity index (χ1n) is 13.4. The molecule has 1 amide bonds. The van der Waals surface area contributed by atoms with Gasteiger partial charge in [-0.25, -0.2) is 18.7 Å². The van der Waals surface area contributed by atoms with Crippen molar-refractivity contribution in [3.8, 4) is 0 Å². The van der Waals surface area contributed by atoms with Crippen molar-refractivity contribution in [2.24, 2.45) is 0 Å². The largest absolute Gasteiger partial charge is 0.483 e. The van der Waals surface area contributed by atoms with E-state index in [1.807, 2.05) is 10.3 Å². The molecule has 3 heterocycles. The zero-order chi connectivity index (χ0) is 34.2. The molecule has 2 saturated heterocycles. The average Bonchev–Trinajstić information content (AvgIpc) is 3.25. The Labute approximate surface area is 258 Å². The highest BCUT2D eigenvalue weighted by Gasteiger charge is 2.50. The lowest BCUT2D eigenvalue weighted by Crippen LogP contribution is -2.64. The predicted molar refractivity (Wildman–Crippen MR) is 144 cm³/mol. The number of phosphoric acid groups is 2. The van der Waals surface area contributed by atoms with Crippen molar-refractivity contribution in [2.75, 3.05) is 39.6 Å². The van der Waals surface area contributed by atoms with Gasteiger partial charge in [-0.3, -0.25) is 23.4 Å². The molecule has 8 unspecified atom stereocenters. The smallest absolute Gasteiger partial charge is 0.447 e. The molecule has 46 heavy (non-hydrogen) atoms. The maximum absolute atomic E-state index is 12.7. The molecule has 2 aliphatic heterocycles. The number of nitrogens with zero attached hydrogens (tertiary/aromatic N) is 1. The molecule has 10 N–H and O–H groups in total. The van der Waals surface area contributed by atoms with Crippen molar-refractivity contribution < 1.29 is 86.7 Å². The topological polar surface area (TPSA) is 345 Å². The van der Waals surface area contributed by atoms with E-state index in [0.29, 0.717) is 11.0 Å². The van der Waals surface area contributed by atoms with Gasteiger partial charge in [0.05, 0.1) is 19.8 Å². The maximum atomic E-state index is 12.7. The van der Waals surface area contributed by atoms with Crippen LogP contribution < -0.4 is 16.6 Å². The van der Waals surface area contributed by atoms with Crippen molar-refractivity contribution in [3.63, 3.8) is 0 Å². The van der Waals surface area contributed by atoms with E-state index in [1.165, 1.54) is 0 Å². The van der Waals surface area contributed by atoms with Crippen LogP contribution in [0.25, 0.3) is 0 Å². The van der Waals surface area contributed by atoms with Gasteiger partial charge >= 0.3 is 27.4 Å². The first-order valence-corrected chi connectivity index (χ1v) is 16.4. The zero-order valence-electron chi connectivity index (χ0n) is 23.6. The van der Waals surface area contributed by atoms with E-state index in [1.54, 1.807) is 0 Å². The van der Waals surface area contributed by atoms with Gasteiger partial charge in [-0.2, -0.15) is 4.31 Å². The van der Waals surface area contributed by atoms with Crippen LogP contribution in [-0.2, 0) is 41.4 Å². The van der Waals surface area contributed by atoms with E-state index >= 15 is 0 Å². The highest BCUT2D eigenvalue weighted by atomic mass is 31.3. The molecule has 0 aliphatic carbocycles. The monoisotopic (exact) mass is 711 g/mol. The van der Waals surface area contributed by atoms with Gasteiger partial charge < -0.3 is 64.7 Å². The SMILES string of the molecule is O=C(NC1[C@@H](OP(=O)(O)OP(=O)(O)OCC2OC(n3ccc(=O)[nH]c3=O)C(O)C2O)OC(CO)[C@H](O)[C@@H]1O)OCCOCCCO. The number of aromatic amines is 1. The average molecular weight is 711 g/mol. The number of ether oxygens (including phenoxy) is 4. The van der Waals surface area contributed by atoms with Crippen LogP contribution in [0.2, 0.25) is 0 Å². The van der Waals surface area contributed by atoms with Gasteiger partial charge in [0.25, 0.3) is 5.56 Å². The summed E-state index contributed by atoms with van der Waals surface area (Å²) < 4.78 is 59.7. The Hall–Kier alpha value is -2.15. The van der Waals surface area contributed by atoms with Crippen molar-refractivity contribution >= 4 is 21.7 Å². The molecular formula is C21H35N3O20P2. The number of aromatic nitrogens is 2. The standard InChI is InChI=1S/C21H35N3O20P2/c25-4-1-5-38-6-7-39-21(33)23-13-16(30)14(28)10(8-26)42-19(13)43-46(36,37)44-45(34,35)40-9-11-15(29)17(31)18(41-11)24-3-2-12(27)22-20(24)32/h2-3,10-11,13-19,25-26,28-31H,1,4-9H2,(H,23,33)(H,34,35)(H,36,37)(H,22,27,32)/t10?,11?,13?,14-,15?,16+,17?,18?,19+/m0/s1. The fourth-order valence-electron chi connectivity index (χ4n) is 4.16. The van der Waals surface area contributed by atoms with Crippen LogP contribution >= 0.6 is 15.6 Å². The van der Waals surface area contributed by atoms with Crippen LogP contribution in [0.4, 0.5) is 4.79 Å². The van der Waals surface area contributed by atoms with E-state index < -0.39 is 101 Å². The lowest BCUT2D eigenvalue weighted by Gasteiger charge is -2.41. The van der Waals surface area contributed by atoms with Crippen LogP contribution in [0.15, 0.2) is 21.9 Å². The second-order valence-corrected chi connectivity index (χ2v) is 12.7. The minimum Gasteiger partial charge on any atom is -0.447 e. The van der Waals surface area contributed by atoms with E-state index in [9.17, 15) is 58.8 Å². The second-order valence-electron chi connectivity index (χ2n) is 9.69. The van der Waals surface area contributed by atoms with Crippen LogP contribution in [-0.4, -0.2) is 145 Å². The summed E-state index contributed by atoms with van der Waals surface area (Å²) in [5.41, 5.74) is -1.78. The Morgan fingerprint density at radius 3 is 2.30 bits per heavy atom. The molecule has 0 aromatic carbocycles. The van der Waals surface area contributed by atoms with Gasteiger partial charge in [0.2, 0.25) is 0 Å². The number of nitrogens with one attached hydrogen (secondary N) is 2. The van der Waals surface area contributed by atoms with Crippen molar-refractivity contribution in [3.05, 3.63) is 33.1 Å². The fourth-order valence-corrected chi connectivity index (χ4v) is 6.33. The lowest BCUT2D eigenvalue weighted by atomic mass is 9.97. The Morgan fingerprint density at radius 2 is 1.65 bits per heavy atom. The first kappa shape index (κ1) is 38.3. The number of rotatable bonds is 16. The van der Waals surface area contributed by atoms with Gasteiger partial charge in [-0.05, 0) is 6.42 Å². The summed E-state index contributed by atoms with van der Waals surface area (Å²) in [7, 11) is -11.3. The quantitative estimate of drug-likeness (QED) is 0.0569. The number of phosphoric ester groups is 2. The minimum absolute atomic E-state index is 0.0913. The molecule has 0 radical (unpaired) electrons. The summed E-state index contributed by atoms with van der Waals surface area (Å²) in [5.74, 6) is 0. The van der Waals surface area contributed by atoms with Crippen LogP contribution in [0, 0.1) is 0 Å². The molecule has 264 valence electrons. The summed E-state index contributed by atoms with van der Waals surface area (Å²) >= 11 is 0. The number of H-pyrrole nitrogens is 1. The van der Waals surface area contributed by atoms with Gasteiger partial charge in [-0.15, -0.1) is 0 Å². The first-order chi connectivity index (χ1) is 21.6. The number of carbonyl (C=O) groups excluding carboxylic acids is 1. The van der Waals surface area contributed by atoms with Gasteiger partial charge in [-0.1, -0.05) is 0 Å². The molecule has 11 atom stereocenters. The van der Waals surface area contributed by atoms with Gasteiger partial charge in [0.15, 0.2) is 12.5 Å². The van der Waals surface area contributed by atoms with Crippen molar-refractivity contribution in [1.29, 1.82) is 0 Å². The van der Waals surface area contributed by atoms with Gasteiger partial charge in [0, 0.05) is 25.5 Å². The Kier molecular flexibility index (Phi) is 14.0. The zero-order valence-corrected chi connectivity index (χ0v) is 25.4. The summed E-state index contributed by atoms with van der Waals surface area (Å²) in [6.07, 6.45) is -14.6. The predicted octanol–water partition coefficient (Wildman–Crippen LogP) is -4.66. The molecule has 0 bridgehead atoms. The fraction of sp³-hybridized carbons (Fsp3) is 0.762. The summed E-state index contributed by atoms with van der Waals surface area (Å²) in [5, 5.41) is 61.3. The number of aliphatic hydroxyl groups is 6. The maximum Gasteiger partial charge on any atom is 0.483 e. The molecular weight excluding hydrogens is 676 g/mol. The van der Waals surface area contributed by atoms with Crippen molar-refractivity contribution in [1.82, 2.24) is 14.9 Å². The Balaban J connectivity index is 1.62. The summed E-state index contributed by atoms with van der Waals surface area (Å²) in [6.45, 7) is -2.40. The number of alkyl carbamates (subject to hydrolysis) is 1. The summed E-state index contributed by atoms with van der Waals surface area (Å²) in [4.78, 5) is 57.6. The van der Waals surface area contributed by atoms with Crippen LogP contribution in [0.1, 0.15) is 12.6 Å². The molecule has 1 aromatic heterocycles. The van der Waals surface area contributed by atoms with E-state index in [2.05, 4.69) is 8.83 Å². The third-order valence-corrected chi connectivity index (χ3v) is 8.98. The number of amides is 1. The number of carbonyl (C=O) groups is 1. The molecule has 23 nitrogen and oxygen atoms in total. The van der Waals surface area contributed by atoms with E-state index in [0.717, 1.165) is 12.3 Å². The molecule has 0 saturated carbocycles. The van der Waals surface area contributed by atoms with Crippen LogP contribution in [0.5, 0.6) is 0 Å². The number of aliphatic hydroxyl groups excluding tert-OH is 6. The van der Waals surface area contributed by atoms with E-state index in [-0.39, 0.29) is 26.4 Å². The Bertz CT molecular complexity index is 1360. The lowest BCUT2D eigenvalue weighted by molar-refractivity contribution is -0.247. The Morgan fingerprint density at radius 1 is 0.957 bits per heavy atom. The molecule has 3 rings (SSSR count). The van der Waals surface area contributed by atoms with Gasteiger partial charge in [0.1, 0.15) is 49.3 Å². The molecule has 2 fully saturated rings. The summed E-state index contributed by atoms with van der Waals surface area (Å²) in [6, 6.07) is -0.971. The normalized spacial score (nSPS) is 32.4. The highest BCUT2D eigenvalue weighted by molar-refractivity contribution is 7.61. The van der Waals surface area contributed by atoms with Crippen LogP contribution in [0.3, 0.4) is 0 Å². The number of hydrogen-bond donors (Lipinski definition) is 10. The second kappa shape index (κ2) is 16.8. The molecule has 25 heteroatoms. The number of hydrogen-bond acceptors (Lipinski definition) is 18. The third kappa shape index (κ3) is 10.4. The molecule has 2 aliphatic rings. The third-order valence-electron chi connectivity index (χ3n) is 6.38. The van der Waals surface area contributed by atoms with E-state index in [4.69, 9.17) is 28.6 Å². The minimum atomic E-state index is -5.75. The highest BCUT2D eigenvalue weighted by Crippen LogP contribution is 2.61.